The van der Waals surface area contributed by atoms with Crippen molar-refractivity contribution in [3.63, 3.8) is 0 Å². The van der Waals surface area contributed by atoms with Crippen LogP contribution >= 0.6 is 11.6 Å². The van der Waals surface area contributed by atoms with Crippen molar-refractivity contribution < 1.29 is 27.6 Å². The first kappa shape index (κ1) is 31.1. The molecule has 3 heterocycles. The number of amides is 3. The predicted molar refractivity (Wildman–Crippen MR) is 160 cm³/mol. The van der Waals surface area contributed by atoms with Crippen LogP contribution in [0.25, 0.3) is 11.3 Å². The second-order valence-electron chi connectivity index (χ2n) is 12.0. The average Bonchev–Trinajstić information content (AvgIpc) is 3.64. The molecule has 0 bridgehead atoms. The highest BCUT2D eigenvalue weighted by atomic mass is 35.5. The van der Waals surface area contributed by atoms with Gasteiger partial charge >= 0.3 is 6.18 Å². The minimum Gasteiger partial charge on any atom is -0.339 e. The maximum absolute atomic E-state index is 13.7. The summed E-state index contributed by atoms with van der Waals surface area (Å²) in [7, 11) is 1.46. The third-order valence-electron chi connectivity index (χ3n) is 8.85. The fraction of sp³-hybridized carbons (Fsp3) is 0.500. The smallest absolute Gasteiger partial charge is 0.339 e. The van der Waals surface area contributed by atoms with E-state index in [2.05, 4.69) is 15.4 Å². The number of rotatable bonds is 6. The number of aromatic nitrogens is 4. The molecule has 2 aromatic heterocycles. The van der Waals surface area contributed by atoms with Crippen LogP contribution in [0.3, 0.4) is 0 Å². The fourth-order valence-corrected chi connectivity index (χ4v) is 6.32. The van der Waals surface area contributed by atoms with Gasteiger partial charge in [0.25, 0.3) is 11.8 Å². The zero-order valence-electron chi connectivity index (χ0n) is 24.7. The molecule has 0 unspecified atom stereocenters. The molecule has 0 radical (unpaired) electrons. The summed E-state index contributed by atoms with van der Waals surface area (Å²) in [4.78, 5) is 46.8. The lowest BCUT2D eigenvalue weighted by atomic mass is 9.85. The Bertz CT molecular complexity index is 1620. The molecule has 3 aliphatic rings. The fourth-order valence-electron chi connectivity index (χ4n) is 6.06. The Morgan fingerprint density at radius 2 is 1.67 bits per heavy atom. The van der Waals surface area contributed by atoms with E-state index >= 15 is 0 Å². The topological polar surface area (TPSA) is 131 Å². The van der Waals surface area contributed by atoms with Crippen LogP contribution in [-0.4, -0.2) is 79.1 Å². The molecule has 1 aliphatic heterocycles. The van der Waals surface area contributed by atoms with Gasteiger partial charge in [-0.05, 0) is 56.7 Å². The monoisotopic (exact) mass is 646 g/mol. The van der Waals surface area contributed by atoms with Gasteiger partial charge in [0.1, 0.15) is 0 Å². The van der Waals surface area contributed by atoms with Crippen LogP contribution in [0, 0.1) is 5.92 Å². The molecule has 3 fully saturated rings. The number of anilines is 1. The minimum atomic E-state index is -4.67. The summed E-state index contributed by atoms with van der Waals surface area (Å²) in [5.41, 5.74) is 5.42. The summed E-state index contributed by atoms with van der Waals surface area (Å²) in [5.74, 6) is -0.944. The SMILES string of the molecule is Cn1c(-c2cn(C3CC3)nc2C(F)(F)F)cnc1C(=O)Nc1ccc(C(=O)N2CCN(C(=O)[C@H]3CC[C@H](N)CC3)CC2)c(Cl)c1. The van der Waals surface area contributed by atoms with Gasteiger partial charge < -0.3 is 25.4 Å². The van der Waals surface area contributed by atoms with Gasteiger partial charge in [-0.2, -0.15) is 18.3 Å². The normalized spacial score (nSPS) is 20.8. The molecule has 1 aromatic carbocycles. The van der Waals surface area contributed by atoms with E-state index in [1.54, 1.807) is 4.90 Å². The Morgan fingerprint density at radius 1 is 1.00 bits per heavy atom. The third kappa shape index (κ3) is 6.43. The lowest BCUT2D eigenvalue weighted by molar-refractivity contribution is -0.141. The Morgan fingerprint density at radius 3 is 2.29 bits per heavy atom. The number of carbonyl (C=O) groups excluding carboxylic acids is 3. The molecule has 3 aromatic rings. The van der Waals surface area contributed by atoms with Gasteiger partial charge in [0.15, 0.2) is 11.5 Å². The van der Waals surface area contributed by atoms with Crippen LogP contribution in [0.2, 0.25) is 5.02 Å². The van der Waals surface area contributed by atoms with Crippen LogP contribution in [-0.2, 0) is 18.0 Å². The van der Waals surface area contributed by atoms with Gasteiger partial charge in [0.05, 0.1) is 34.1 Å². The number of nitrogens with two attached hydrogens (primary N) is 1. The second kappa shape index (κ2) is 12.1. The van der Waals surface area contributed by atoms with E-state index in [9.17, 15) is 27.6 Å². The van der Waals surface area contributed by atoms with E-state index in [0.717, 1.165) is 38.5 Å². The average molecular weight is 647 g/mol. The van der Waals surface area contributed by atoms with Crippen molar-refractivity contribution in [1.82, 2.24) is 29.1 Å². The van der Waals surface area contributed by atoms with E-state index in [-0.39, 0.29) is 63.2 Å². The Balaban J connectivity index is 1.09. The van der Waals surface area contributed by atoms with Gasteiger partial charge in [-0.1, -0.05) is 11.6 Å². The summed E-state index contributed by atoms with van der Waals surface area (Å²) in [6.07, 6.45) is 2.70. The maximum Gasteiger partial charge on any atom is 0.435 e. The molecular formula is C30H34ClF3N8O3. The van der Waals surface area contributed by atoms with Crippen molar-refractivity contribution in [2.24, 2.45) is 18.7 Å². The Kier molecular flexibility index (Phi) is 8.37. The number of nitrogens with one attached hydrogen (secondary N) is 1. The van der Waals surface area contributed by atoms with Crippen LogP contribution in [0.4, 0.5) is 18.9 Å². The van der Waals surface area contributed by atoms with Gasteiger partial charge in [-0.3, -0.25) is 19.1 Å². The van der Waals surface area contributed by atoms with Gasteiger partial charge in [-0.25, -0.2) is 4.98 Å². The number of halogens is 4. The van der Waals surface area contributed by atoms with Crippen molar-refractivity contribution in [2.75, 3.05) is 31.5 Å². The van der Waals surface area contributed by atoms with E-state index < -0.39 is 17.8 Å². The van der Waals surface area contributed by atoms with Gasteiger partial charge in [0, 0.05) is 57.1 Å². The number of nitrogens with zero attached hydrogens (tertiary/aromatic N) is 6. The Labute approximate surface area is 262 Å². The number of hydrogen-bond acceptors (Lipinski definition) is 6. The molecule has 11 nitrogen and oxygen atoms in total. The lowest BCUT2D eigenvalue weighted by Gasteiger charge is -2.37. The highest BCUT2D eigenvalue weighted by Gasteiger charge is 2.40. The molecule has 0 atom stereocenters. The van der Waals surface area contributed by atoms with Crippen molar-refractivity contribution in [3.05, 3.63) is 52.7 Å². The van der Waals surface area contributed by atoms with Crippen molar-refractivity contribution in [3.8, 4) is 11.3 Å². The van der Waals surface area contributed by atoms with E-state index in [0.29, 0.717) is 26.2 Å². The summed E-state index contributed by atoms with van der Waals surface area (Å²) in [6, 6.07) is 4.57. The molecular weight excluding hydrogens is 613 g/mol. The standard InChI is InChI=1S/C30H34ClF3N8O3/c1-39-24(22-16-42(20-7-8-20)38-25(22)30(32,33)34)15-36-26(39)27(43)37-19-6-9-21(23(31)14-19)29(45)41-12-10-40(11-13-41)28(44)17-2-4-18(35)5-3-17/h6,9,14-18,20H,2-5,7-8,10-13,35H2,1H3,(H,37,43)/t17-,18-. The van der Waals surface area contributed by atoms with E-state index in [1.807, 2.05) is 4.90 Å². The number of alkyl halides is 3. The third-order valence-corrected chi connectivity index (χ3v) is 9.16. The highest BCUT2D eigenvalue weighted by molar-refractivity contribution is 6.34. The first-order valence-electron chi connectivity index (χ1n) is 15.0. The number of carbonyl (C=O) groups is 3. The molecule has 3 amide bonds. The van der Waals surface area contributed by atoms with Crippen LogP contribution < -0.4 is 11.1 Å². The highest BCUT2D eigenvalue weighted by Crippen LogP contribution is 2.41. The van der Waals surface area contributed by atoms with Crippen LogP contribution in [0.15, 0.2) is 30.6 Å². The van der Waals surface area contributed by atoms with Crippen LogP contribution in [0.5, 0.6) is 0 Å². The minimum absolute atomic E-state index is 0.00899. The van der Waals surface area contributed by atoms with Crippen LogP contribution in [0.1, 0.15) is 71.2 Å². The molecule has 45 heavy (non-hydrogen) atoms. The molecule has 2 saturated carbocycles. The number of imidazole rings is 1. The van der Waals surface area contributed by atoms with Crippen molar-refractivity contribution in [1.29, 1.82) is 0 Å². The summed E-state index contributed by atoms with van der Waals surface area (Å²) in [6.45, 7) is 1.64. The van der Waals surface area contributed by atoms with Crippen molar-refractivity contribution >= 4 is 35.0 Å². The molecule has 1 saturated heterocycles. The van der Waals surface area contributed by atoms with Gasteiger partial charge in [-0.15, -0.1) is 0 Å². The largest absolute Gasteiger partial charge is 0.435 e. The number of hydrogen-bond donors (Lipinski definition) is 2. The molecule has 6 rings (SSSR count). The quantitative estimate of drug-likeness (QED) is 0.410. The first-order chi connectivity index (χ1) is 21.4. The summed E-state index contributed by atoms with van der Waals surface area (Å²) < 4.78 is 43.9. The molecule has 2 aliphatic carbocycles. The Hall–Kier alpha value is -3.91. The van der Waals surface area contributed by atoms with Gasteiger partial charge in [0.2, 0.25) is 5.91 Å². The molecule has 0 spiro atoms. The number of piperazine rings is 1. The maximum atomic E-state index is 13.7. The molecule has 3 N–H and O–H groups in total. The molecule has 240 valence electrons. The zero-order chi connectivity index (χ0) is 32.0. The summed E-state index contributed by atoms with van der Waals surface area (Å²) in [5, 5.41) is 6.54. The second-order valence-corrected chi connectivity index (χ2v) is 12.4. The van der Waals surface area contributed by atoms with E-state index in [1.165, 1.54) is 46.9 Å². The lowest BCUT2D eigenvalue weighted by Crippen LogP contribution is -2.52. The van der Waals surface area contributed by atoms with Crippen molar-refractivity contribution in [2.45, 2.75) is 56.8 Å². The van der Waals surface area contributed by atoms with E-state index in [4.69, 9.17) is 17.3 Å². The summed E-state index contributed by atoms with van der Waals surface area (Å²) >= 11 is 6.46. The first-order valence-corrected chi connectivity index (χ1v) is 15.4. The zero-order valence-corrected chi connectivity index (χ0v) is 25.4. The molecule has 15 heteroatoms. The number of benzene rings is 1. The predicted octanol–water partition coefficient (Wildman–Crippen LogP) is 4.34.